The summed E-state index contributed by atoms with van der Waals surface area (Å²) in [5.41, 5.74) is 0.995. The van der Waals surface area contributed by atoms with Gasteiger partial charge in [0, 0.05) is 18.0 Å². The van der Waals surface area contributed by atoms with Crippen molar-refractivity contribution in [3.8, 4) is 0 Å². The van der Waals surface area contributed by atoms with Crippen LogP contribution in [-0.2, 0) is 24.2 Å². The standard InChI is InChI=1S/C18H24N4O2S/c1-12-6-7-13-14(10-12)25-17-16(13)18(24)22(20-19-17)11-15(23)21-8-4-2-3-5-9-21/h12H,2-11H2,1H3/t12-/m0/s1. The lowest BCUT2D eigenvalue weighted by Gasteiger charge is -2.20. The highest BCUT2D eigenvalue weighted by Gasteiger charge is 2.24. The van der Waals surface area contributed by atoms with E-state index in [4.69, 9.17) is 0 Å². The molecule has 1 saturated heterocycles. The Hall–Kier alpha value is -1.76. The molecule has 1 amide bonds. The molecule has 0 unspecified atom stereocenters. The number of hydrogen-bond donors (Lipinski definition) is 0. The molecule has 0 N–H and O–H groups in total. The molecular formula is C18H24N4O2S. The number of carbonyl (C=O) groups is 1. The van der Waals surface area contributed by atoms with Gasteiger partial charge in [0.25, 0.3) is 5.56 Å². The van der Waals surface area contributed by atoms with Gasteiger partial charge in [0.2, 0.25) is 5.91 Å². The van der Waals surface area contributed by atoms with Crippen molar-refractivity contribution in [2.45, 2.75) is 58.4 Å². The van der Waals surface area contributed by atoms with Crippen LogP contribution in [0, 0.1) is 5.92 Å². The number of fused-ring (bicyclic) bond motifs is 3. The maximum Gasteiger partial charge on any atom is 0.279 e. The Labute approximate surface area is 150 Å². The van der Waals surface area contributed by atoms with Crippen LogP contribution < -0.4 is 5.56 Å². The van der Waals surface area contributed by atoms with Gasteiger partial charge in [-0.3, -0.25) is 9.59 Å². The molecular weight excluding hydrogens is 336 g/mol. The Kier molecular flexibility index (Phi) is 4.58. The molecule has 2 aromatic heterocycles. The molecule has 0 saturated carbocycles. The number of aromatic nitrogens is 3. The van der Waals surface area contributed by atoms with Crippen molar-refractivity contribution >= 4 is 27.5 Å². The highest BCUT2D eigenvalue weighted by molar-refractivity contribution is 7.18. The summed E-state index contributed by atoms with van der Waals surface area (Å²) in [7, 11) is 0. The van der Waals surface area contributed by atoms with Crippen molar-refractivity contribution in [3.63, 3.8) is 0 Å². The van der Waals surface area contributed by atoms with Crippen LogP contribution in [0.4, 0.5) is 0 Å². The number of rotatable bonds is 2. The van der Waals surface area contributed by atoms with Gasteiger partial charge >= 0.3 is 0 Å². The average molecular weight is 360 g/mol. The number of thiophene rings is 1. The van der Waals surface area contributed by atoms with Gasteiger partial charge in [-0.25, -0.2) is 4.68 Å². The van der Waals surface area contributed by atoms with E-state index in [0.29, 0.717) is 11.3 Å². The first-order valence-electron chi connectivity index (χ1n) is 9.29. The molecule has 134 valence electrons. The molecule has 1 aliphatic carbocycles. The van der Waals surface area contributed by atoms with E-state index < -0.39 is 0 Å². The van der Waals surface area contributed by atoms with E-state index in [-0.39, 0.29) is 18.0 Å². The van der Waals surface area contributed by atoms with Gasteiger partial charge in [-0.2, -0.15) is 0 Å². The number of amides is 1. The third-order valence-corrected chi connectivity index (χ3v) is 6.57. The molecule has 6 nitrogen and oxygen atoms in total. The van der Waals surface area contributed by atoms with Gasteiger partial charge in [0.1, 0.15) is 6.54 Å². The molecule has 1 aliphatic heterocycles. The van der Waals surface area contributed by atoms with Crippen LogP contribution in [0.2, 0.25) is 0 Å². The normalized spacial score (nSPS) is 21.2. The topological polar surface area (TPSA) is 68.1 Å². The van der Waals surface area contributed by atoms with E-state index in [1.54, 1.807) is 11.3 Å². The second-order valence-electron chi connectivity index (χ2n) is 7.38. The number of likely N-dealkylation sites (tertiary alicyclic amines) is 1. The zero-order chi connectivity index (χ0) is 17.4. The monoisotopic (exact) mass is 360 g/mol. The molecule has 0 spiro atoms. The minimum Gasteiger partial charge on any atom is -0.341 e. The Morgan fingerprint density at radius 1 is 1.24 bits per heavy atom. The van der Waals surface area contributed by atoms with E-state index in [9.17, 15) is 9.59 Å². The summed E-state index contributed by atoms with van der Waals surface area (Å²) in [6.07, 6.45) is 7.49. The van der Waals surface area contributed by atoms with Crippen molar-refractivity contribution in [3.05, 3.63) is 20.8 Å². The maximum atomic E-state index is 12.9. The number of aryl methyl sites for hydroxylation is 1. The van der Waals surface area contributed by atoms with Crippen LogP contribution in [0.5, 0.6) is 0 Å². The van der Waals surface area contributed by atoms with Crippen LogP contribution in [0.15, 0.2) is 4.79 Å². The van der Waals surface area contributed by atoms with Gasteiger partial charge in [0.05, 0.1) is 5.39 Å². The SMILES string of the molecule is C[C@H]1CCc2c(sc3nnn(CC(=O)N4CCCCCC4)c(=O)c23)C1. The Balaban J connectivity index is 1.63. The molecule has 7 heteroatoms. The van der Waals surface area contributed by atoms with E-state index in [1.165, 1.54) is 22.4 Å². The van der Waals surface area contributed by atoms with Crippen molar-refractivity contribution in [2.75, 3.05) is 13.1 Å². The molecule has 2 aromatic rings. The average Bonchev–Trinajstić information content (AvgIpc) is 2.78. The molecule has 1 atom stereocenters. The molecule has 0 radical (unpaired) electrons. The summed E-state index contributed by atoms with van der Waals surface area (Å²) >= 11 is 1.59. The highest BCUT2D eigenvalue weighted by Crippen LogP contribution is 2.35. The van der Waals surface area contributed by atoms with Crippen LogP contribution in [-0.4, -0.2) is 38.9 Å². The minimum atomic E-state index is -0.153. The zero-order valence-electron chi connectivity index (χ0n) is 14.7. The summed E-state index contributed by atoms with van der Waals surface area (Å²) in [5, 5.41) is 8.99. The fourth-order valence-corrected chi connectivity index (χ4v) is 5.26. The Morgan fingerprint density at radius 2 is 2.00 bits per heavy atom. The van der Waals surface area contributed by atoms with Crippen molar-refractivity contribution in [1.82, 2.24) is 19.9 Å². The van der Waals surface area contributed by atoms with E-state index in [0.717, 1.165) is 55.6 Å². The van der Waals surface area contributed by atoms with Gasteiger partial charge in [0.15, 0.2) is 4.83 Å². The second-order valence-corrected chi connectivity index (χ2v) is 8.46. The Morgan fingerprint density at radius 3 is 2.76 bits per heavy atom. The second kappa shape index (κ2) is 6.86. The first-order chi connectivity index (χ1) is 12.1. The molecule has 3 heterocycles. The predicted molar refractivity (Wildman–Crippen MR) is 97.9 cm³/mol. The Bertz CT molecular complexity index is 849. The lowest BCUT2D eigenvalue weighted by atomic mass is 9.89. The number of carbonyl (C=O) groups excluding carboxylic acids is 1. The van der Waals surface area contributed by atoms with Crippen LogP contribution in [0.25, 0.3) is 10.2 Å². The number of nitrogens with zero attached hydrogens (tertiary/aromatic N) is 4. The molecule has 0 aromatic carbocycles. The molecule has 4 rings (SSSR count). The van der Waals surface area contributed by atoms with Crippen molar-refractivity contribution in [1.29, 1.82) is 0 Å². The third kappa shape index (κ3) is 3.21. The highest BCUT2D eigenvalue weighted by atomic mass is 32.1. The van der Waals surface area contributed by atoms with Crippen molar-refractivity contribution < 1.29 is 4.79 Å². The largest absolute Gasteiger partial charge is 0.341 e. The summed E-state index contributed by atoms with van der Waals surface area (Å²) in [6.45, 7) is 3.82. The summed E-state index contributed by atoms with van der Waals surface area (Å²) in [5.74, 6) is 0.635. The van der Waals surface area contributed by atoms with E-state index in [1.807, 2.05) is 4.90 Å². The quantitative estimate of drug-likeness (QED) is 0.825. The number of hydrogen-bond acceptors (Lipinski definition) is 5. The minimum absolute atomic E-state index is 0.00277. The summed E-state index contributed by atoms with van der Waals surface area (Å²) in [6, 6.07) is 0. The predicted octanol–water partition coefficient (Wildman–Crippen LogP) is 2.38. The van der Waals surface area contributed by atoms with Gasteiger partial charge in [-0.15, -0.1) is 16.4 Å². The van der Waals surface area contributed by atoms with Gasteiger partial charge in [-0.05, 0) is 43.6 Å². The fraction of sp³-hybridized carbons (Fsp3) is 0.667. The summed E-state index contributed by atoms with van der Waals surface area (Å²) in [4.78, 5) is 29.4. The van der Waals surface area contributed by atoms with Gasteiger partial charge in [-0.1, -0.05) is 25.0 Å². The molecule has 25 heavy (non-hydrogen) atoms. The first kappa shape index (κ1) is 16.7. The van der Waals surface area contributed by atoms with E-state index >= 15 is 0 Å². The zero-order valence-corrected chi connectivity index (χ0v) is 15.5. The molecule has 2 aliphatic rings. The van der Waals surface area contributed by atoms with Crippen molar-refractivity contribution in [2.24, 2.45) is 5.92 Å². The van der Waals surface area contributed by atoms with Gasteiger partial charge < -0.3 is 4.90 Å². The maximum absolute atomic E-state index is 12.9. The molecule has 1 fully saturated rings. The third-order valence-electron chi connectivity index (χ3n) is 5.43. The fourth-order valence-electron chi connectivity index (χ4n) is 3.94. The lowest BCUT2D eigenvalue weighted by Crippen LogP contribution is -2.38. The van der Waals surface area contributed by atoms with Crippen LogP contribution >= 0.6 is 11.3 Å². The van der Waals surface area contributed by atoms with E-state index in [2.05, 4.69) is 17.2 Å². The smallest absolute Gasteiger partial charge is 0.279 e. The lowest BCUT2D eigenvalue weighted by molar-refractivity contribution is -0.132. The summed E-state index contributed by atoms with van der Waals surface area (Å²) < 4.78 is 1.26. The van der Waals surface area contributed by atoms with Crippen LogP contribution in [0.1, 0.15) is 49.5 Å². The molecule has 0 bridgehead atoms. The van der Waals surface area contributed by atoms with Crippen LogP contribution in [0.3, 0.4) is 0 Å². The first-order valence-corrected chi connectivity index (χ1v) is 10.1.